The highest BCUT2D eigenvalue weighted by atomic mass is 15.1. The Hall–Kier alpha value is -2.29. The third kappa shape index (κ3) is 1.97. The van der Waals surface area contributed by atoms with Crippen LogP contribution in [0, 0.1) is 6.92 Å². The highest BCUT2D eigenvalue weighted by molar-refractivity contribution is 5.79. The molecule has 2 N–H and O–H groups in total. The highest BCUT2D eigenvalue weighted by Gasteiger charge is 2.12. The molecule has 0 saturated heterocycles. The predicted octanol–water partition coefficient (Wildman–Crippen LogP) is 3.54. The molecule has 0 fully saturated rings. The van der Waals surface area contributed by atoms with E-state index in [9.17, 15) is 0 Å². The van der Waals surface area contributed by atoms with Crippen LogP contribution in [0.15, 0.2) is 48.8 Å². The first-order valence-corrected chi connectivity index (χ1v) is 6.44. The van der Waals surface area contributed by atoms with E-state index in [1.807, 2.05) is 24.5 Å². The molecule has 0 amide bonds. The Bertz CT molecular complexity index is 728. The first kappa shape index (κ1) is 11.8. The van der Waals surface area contributed by atoms with Crippen LogP contribution in [0.5, 0.6) is 0 Å². The molecule has 3 rings (SSSR count). The van der Waals surface area contributed by atoms with Crippen molar-refractivity contribution >= 4 is 16.7 Å². The summed E-state index contributed by atoms with van der Waals surface area (Å²) in [6.07, 6.45) is 1.89. The Morgan fingerprint density at radius 2 is 1.95 bits per heavy atom. The zero-order chi connectivity index (χ0) is 13.4. The summed E-state index contributed by atoms with van der Waals surface area (Å²) in [5, 5.41) is 0. The van der Waals surface area contributed by atoms with Crippen LogP contribution in [0.4, 0.5) is 5.69 Å². The van der Waals surface area contributed by atoms with Crippen LogP contribution in [0.3, 0.4) is 0 Å². The maximum Gasteiger partial charge on any atom is 0.0964 e. The summed E-state index contributed by atoms with van der Waals surface area (Å²) in [4.78, 5) is 4.44. The topological polar surface area (TPSA) is 43.8 Å². The van der Waals surface area contributed by atoms with Gasteiger partial charge in [0.15, 0.2) is 0 Å². The Labute approximate surface area is 112 Å². The molecule has 1 aromatic heterocycles. The van der Waals surface area contributed by atoms with E-state index >= 15 is 0 Å². The fourth-order valence-corrected chi connectivity index (χ4v) is 2.56. The number of nitrogens with zero attached hydrogens (tertiary/aromatic N) is 2. The zero-order valence-corrected chi connectivity index (χ0v) is 11.2. The molecule has 3 aromatic rings. The third-order valence-corrected chi connectivity index (χ3v) is 3.65. The van der Waals surface area contributed by atoms with Crippen molar-refractivity contribution in [3.05, 3.63) is 59.9 Å². The van der Waals surface area contributed by atoms with Crippen molar-refractivity contribution in [2.24, 2.45) is 0 Å². The second kappa shape index (κ2) is 4.43. The number of anilines is 1. The molecule has 0 aliphatic heterocycles. The van der Waals surface area contributed by atoms with Gasteiger partial charge < -0.3 is 10.3 Å². The third-order valence-electron chi connectivity index (χ3n) is 3.65. The van der Waals surface area contributed by atoms with Crippen molar-refractivity contribution < 1.29 is 0 Å². The van der Waals surface area contributed by atoms with Crippen LogP contribution in [-0.4, -0.2) is 9.55 Å². The van der Waals surface area contributed by atoms with Crippen LogP contribution >= 0.6 is 0 Å². The minimum absolute atomic E-state index is 0.259. The van der Waals surface area contributed by atoms with Gasteiger partial charge in [-0.25, -0.2) is 4.98 Å². The molecule has 0 bridgehead atoms. The summed E-state index contributed by atoms with van der Waals surface area (Å²) in [7, 11) is 0. The maximum atomic E-state index is 5.80. The van der Waals surface area contributed by atoms with E-state index in [0.29, 0.717) is 0 Å². The molecule has 0 saturated carbocycles. The van der Waals surface area contributed by atoms with Crippen molar-refractivity contribution in [3.8, 4) is 0 Å². The lowest BCUT2D eigenvalue weighted by Gasteiger charge is -2.17. The van der Waals surface area contributed by atoms with Gasteiger partial charge in [-0.1, -0.05) is 24.3 Å². The first-order valence-electron chi connectivity index (χ1n) is 6.44. The van der Waals surface area contributed by atoms with Crippen LogP contribution < -0.4 is 5.73 Å². The molecule has 2 aromatic carbocycles. The van der Waals surface area contributed by atoms with Crippen molar-refractivity contribution in [3.63, 3.8) is 0 Å². The number of fused-ring (bicyclic) bond motifs is 1. The number of aryl methyl sites for hydroxylation is 1. The Balaban J connectivity index is 2.12. The van der Waals surface area contributed by atoms with E-state index in [-0.39, 0.29) is 6.04 Å². The molecule has 1 unspecified atom stereocenters. The monoisotopic (exact) mass is 251 g/mol. The summed E-state index contributed by atoms with van der Waals surface area (Å²) < 4.78 is 2.19. The van der Waals surface area contributed by atoms with Gasteiger partial charge in [-0.3, -0.25) is 0 Å². The number of nitrogens with two attached hydrogens (primary N) is 1. The van der Waals surface area contributed by atoms with Gasteiger partial charge in [-0.15, -0.1) is 0 Å². The van der Waals surface area contributed by atoms with Crippen molar-refractivity contribution in [2.45, 2.75) is 19.9 Å². The molecule has 0 aliphatic rings. The van der Waals surface area contributed by atoms with Crippen molar-refractivity contribution in [1.29, 1.82) is 0 Å². The number of hydrogen-bond acceptors (Lipinski definition) is 2. The predicted molar refractivity (Wildman–Crippen MR) is 79.1 cm³/mol. The summed E-state index contributed by atoms with van der Waals surface area (Å²) in [5.41, 5.74) is 11.2. The molecule has 0 radical (unpaired) electrons. The quantitative estimate of drug-likeness (QED) is 0.708. The number of imidazole rings is 1. The summed E-state index contributed by atoms with van der Waals surface area (Å²) in [5.74, 6) is 0. The average molecular weight is 251 g/mol. The maximum absolute atomic E-state index is 5.80. The fraction of sp³-hybridized carbons (Fsp3) is 0.188. The second-order valence-corrected chi connectivity index (χ2v) is 4.93. The molecule has 1 atom stereocenters. The van der Waals surface area contributed by atoms with Gasteiger partial charge in [0, 0.05) is 5.69 Å². The normalized spacial score (nSPS) is 12.7. The van der Waals surface area contributed by atoms with Gasteiger partial charge in [0.1, 0.15) is 0 Å². The number of nitrogen functional groups attached to an aromatic ring is 1. The minimum Gasteiger partial charge on any atom is -0.399 e. The number of hydrogen-bond donors (Lipinski definition) is 1. The van der Waals surface area contributed by atoms with Gasteiger partial charge in [0.2, 0.25) is 0 Å². The lowest BCUT2D eigenvalue weighted by molar-refractivity contribution is 0.654. The lowest BCUT2D eigenvalue weighted by Crippen LogP contribution is -2.06. The molecule has 0 aliphatic carbocycles. The largest absolute Gasteiger partial charge is 0.399 e. The molecular formula is C16H17N3. The van der Waals surface area contributed by atoms with Crippen LogP contribution in [-0.2, 0) is 0 Å². The molecule has 96 valence electrons. The second-order valence-electron chi connectivity index (χ2n) is 4.93. The van der Waals surface area contributed by atoms with Crippen LogP contribution in [0.25, 0.3) is 11.0 Å². The van der Waals surface area contributed by atoms with E-state index in [4.69, 9.17) is 5.73 Å². The highest BCUT2D eigenvalue weighted by Crippen LogP contribution is 2.26. The zero-order valence-electron chi connectivity index (χ0n) is 11.2. The smallest absolute Gasteiger partial charge is 0.0964 e. The number of benzene rings is 2. The molecule has 3 nitrogen and oxygen atoms in total. The number of aromatic nitrogens is 2. The Morgan fingerprint density at radius 1 is 1.16 bits per heavy atom. The molecule has 19 heavy (non-hydrogen) atoms. The standard InChI is InChI=1S/C16H17N3/c1-11-5-3-4-6-14(11)12(2)19-10-18-15-9-13(17)7-8-16(15)19/h3-10,12H,17H2,1-2H3. The van der Waals surface area contributed by atoms with Gasteiger partial charge in [-0.2, -0.15) is 0 Å². The summed E-state index contributed by atoms with van der Waals surface area (Å²) in [6, 6.07) is 14.6. The Morgan fingerprint density at radius 3 is 2.74 bits per heavy atom. The average Bonchev–Trinajstić information content (AvgIpc) is 2.81. The van der Waals surface area contributed by atoms with Crippen LogP contribution in [0.2, 0.25) is 0 Å². The summed E-state index contributed by atoms with van der Waals surface area (Å²) in [6.45, 7) is 4.34. The summed E-state index contributed by atoms with van der Waals surface area (Å²) >= 11 is 0. The van der Waals surface area contributed by atoms with E-state index in [2.05, 4.69) is 47.7 Å². The van der Waals surface area contributed by atoms with Crippen molar-refractivity contribution in [2.75, 3.05) is 5.73 Å². The van der Waals surface area contributed by atoms with Gasteiger partial charge >= 0.3 is 0 Å². The SMILES string of the molecule is Cc1ccccc1C(C)n1cnc2cc(N)ccc21. The molecule has 1 heterocycles. The van der Waals surface area contributed by atoms with E-state index in [1.54, 1.807) is 0 Å². The van der Waals surface area contributed by atoms with Gasteiger partial charge in [-0.05, 0) is 43.2 Å². The molecular weight excluding hydrogens is 234 g/mol. The van der Waals surface area contributed by atoms with E-state index in [0.717, 1.165) is 16.7 Å². The molecule has 3 heteroatoms. The van der Waals surface area contributed by atoms with Crippen LogP contribution in [0.1, 0.15) is 24.1 Å². The van der Waals surface area contributed by atoms with E-state index in [1.165, 1.54) is 11.1 Å². The molecule has 0 spiro atoms. The van der Waals surface area contributed by atoms with Gasteiger partial charge in [0.25, 0.3) is 0 Å². The van der Waals surface area contributed by atoms with Crippen molar-refractivity contribution in [1.82, 2.24) is 9.55 Å². The van der Waals surface area contributed by atoms with E-state index < -0.39 is 0 Å². The lowest BCUT2D eigenvalue weighted by atomic mass is 10.0. The Kier molecular flexibility index (Phi) is 2.75. The van der Waals surface area contributed by atoms with Gasteiger partial charge in [0.05, 0.1) is 23.4 Å². The fourth-order valence-electron chi connectivity index (χ4n) is 2.56. The number of rotatable bonds is 2. The minimum atomic E-state index is 0.259. The first-order chi connectivity index (χ1) is 9.16.